The van der Waals surface area contributed by atoms with Gasteiger partial charge in [-0.05, 0) is 24.6 Å². The molecular formula is C12H15ClN2O2. The van der Waals surface area contributed by atoms with E-state index in [9.17, 15) is 4.79 Å². The van der Waals surface area contributed by atoms with Gasteiger partial charge in [-0.15, -0.1) is 0 Å². The topological polar surface area (TPSA) is 55.6 Å². The van der Waals surface area contributed by atoms with E-state index in [-0.39, 0.29) is 12.0 Å². The van der Waals surface area contributed by atoms with Crippen LogP contribution < -0.4 is 5.73 Å². The maximum Gasteiger partial charge on any atom is 0.255 e. The van der Waals surface area contributed by atoms with Gasteiger partial charge >= 0.3 is 0 Å². The quantitative estimate of drug-likeness (QED) is 0.819. The minimum atomic E-state index is -0.0606. The van der Waals surface area contributed by atoms with E-state index in [1.807, 2.05) is 0 Å². The van der Waals surface area contributed by atoms with Crippen LogP contribution in [0.5, 0.6) is 0 Å². The SMILES string of the molecule is COC1CCN(C(=O)c2ccc(N)cc2Cl)C1. The van der Waals surface area contributed by atoms with Crippen LogP contribution >= 0.6 is 11.6 Å². The number of carbonyl (C=O) groups excluding carboxylic acids is 1. The summed E-state index contributed by atoms with van der Waals surface area (Å²) in [5.41, 5.74) is 6.65. The number of nitrogens with two attached hydrogens (primary N) is 1. The number of rotatable bonds is 2. The van der Waals surface area contributed by atoms with Gasteiger partial charge in [-0.25, -0.2) is 0 Å². The van der Waals surface area contributed by atoms with Gasteiger partial charge in [0.05, 0.1) is 16.7 Å². The standard InChI is InChI=1S/C12H15ClN2O2/c1-17-9-4-5-15(7-9)12(16)10-3-2-8(14)6-11(10)13/h2-3,6,9H,4-5,7,14H2,1H3. The van der Waals surface area contributed by atoms with Crippen LogP contribution in [0.4, 0.5) is 5.69 Å². The summed E-state index contributed by atoms with van der Waals surface area (Å²) in [4.78, 5) is 13.9. The molecule has 1 saturated heterocycles. The molecular weight excluding hydrogens is 240 g/mol. The zero-order valence-corrected chi connectivity index (χ0v) is 10.4. The Balaban J connectivity index is 2.15. The van der Waals surface area contributed by atoms with Crippen LogP contribution in [-0.2, 0) is 4.74 Å². The Morgan fingerprint density at radius 2 is 2.35 bits per heavy atom. The number of halogens is 1. The third kappa shape index (κ3) is 2.53. The number of amides is 1. The van der Waals surface area contributed by atoms with Crippen molar-refractivity contribution >= 4 is 23.2 Å². The first-order valence-electron chi connectivity index (χ1n) is 5.49. The lowest BCUT2D eigenvalue weighted by Crippen LogP contribution is -2.30. The van der Waals surface area contributed by atoms with Gasteiger partial charge in [0, 0.05) is 25.9 Å². The van der Waals surface area contributed by atoms with Gasteiger partial charge in [0.1, 0.15) is 0 Å². The molecule has 1 aliphatic heterocycles. The summed E-state index contributed by atoms with van der Waals surface area (Å²) in [6.45, 7) is 1.33. The molecule has 2 N–H and O–H groups in total. The number of anilines is 1. The van der Waals surface area contributed by atoms with Crippen molar-refractivity contribution in [2.75, 3.05) is 25.9 Å². The number of nitrogen functional groups attached to an aromatic ring is 1. The number of methoxy groups -OCH3 is 1. The molecule has 1 heterocycles. The number of carbonyl (C=O) groups is 1. The number of hydrogen-bond donors (Lipinski definition) is 1. The maximum atomic E-state index is 12.2. The number of likely N-dealkylation sites (tertiary alicyclic amines) is 1. The van der Waals surface area contributed by atoms with Gasteiger partial charge in [0.25, 0.3) is 5.91 Å². The fourth-order valence-corrected chi connectivity index (χ4v) is 2.25. The van der Waals surface area contributed by atoms with Crippen molar-refractivity contribution in [3.63, 3.8) is 0 Å². The van der Waals surface area contributed by atoms with Gasteiger partial charge in [-0.3, -0.25) is 4.79 Å². The Hall–Kier alpha value is -1.26. The molecule has 1 aliphatic rings. The third-order valence-electron chi connectivity index (χ3n) is 2.99. The molecule has 0 bridgehead atoms. The van der Waals surface area contributed by atoms with Gasteiger partial charge in [0.15, 0.2) is 0 Å². The van der Waals surface area contributed by atoms with Crippen molar-refractivity contribution in [1.29, 1.82) is 0 Å². The summed E-state index contributed by atoms with van der Waals surface area (Å²) in [5, 5.41) is 0.399. The Morgan fingerprint density at radius 1 is 1.59 bits per heavy atom. The monoisotopic (exact) mass is 254 g/mol. The van der Waals surface area contributed by atoms with E-state index in [2.05, 4.69) is 0 Å². The Kier molecular flexibility index (Phi) is 3.54. The summed E-state index contributed by atoms with van der Waals surface area (Å²) >= 11 is 6.01. The number of nitrogens with zero attached hydrogens (tertiary/aromatic N) is 1. The average Bonchev–Trinajstić information content (AvgIpc) is 2.76. The summed E-state index contributed by atoms with van der Waals surface area (Å²) < 4.78 is 5.23. The van der Waals surface area contributed by atoms with E-state index in [4.69, 9.17) is 22.1 Å². The Bertz CT molecular complexity index is 437. The van der Waals surface area contributed by atoms with Crippen LogP contribution in [0.2, 0.25) is 5.02 Å². The van der Waals surface area contributed by atoms with Crippen LogP contribution in [0.15, 0.2) is 18.2 Å². The molecule has 0 spiro atoms. The molecule has 17 heavy (non-hydrogen) atoms. The molecule has 0 aromatic heterocycles. The minimum Gasteiger partial charge on any atom is -0.399 e. The maximum absolute atomic E-state index is 12.2. The molecule has 0 saturated carbocycles. The van der Waals surface area contributed by atoms with Gasteiger partial charge in [-0.2, -0.15) is 0 Å². The molecule has 1 unspecified atom stereocenters. The van der Waals surface area contributed by atoms with E-state index in [0.717, 1.165) is 6.42 Å². The van der Waals surface area contributed by atoms with Crippen molar-refractivity contribution in [1.82, 2.24) is 4.90 Å². The highest BCUT2D eigenvalue weighted by Crippen LogP contribution is 2.23. The molecule has 1 aromatic rings. The molecule has 2 rings (SSSR count). The van der Waals surface area contributed by atoms with Gasteiger partial charge in [0.2, 0.25) is 0 Å². The lowest BCUT2D eigenvalue weighted by atomic mass is 10.2. The molecule has 1 amide bonds. The first-order chi connectivity index (χ1) is 8.11. The fourth-order valence-electron chi connectivity index (χ4n) is 1.98. The summed E-state index contributed by atoms with van der Waals surface area (Å²) in [6, 6.07) is 4.95. The highest BCUT2D eigenvalue weighted by Gasteiger charge is 2.27. The summed E-state index contributed by atoms with van der Waals surface area (Å²) in [7, 11) is 1.66. The molecule has 4 nitrogen and oxygen atoms in total. The van der Waals surface area contributed by atoms with Gasteiger partial charge in [-0.1, -0.05) is 11.6 Å². The van der Waals surface area contributed by atoms with Crippen LogP contribution in [0.1, 0.15) is 16.8 Å². The molecule has 1 atom stereocenters. The summed E-state index contributed by atoms with van der Waals surface area (Å²) in [6.07, 6.45) is 1.00. The zero-order chi connectivity index (χ0) is 12.4. The smallest absolute Gasteiger partial charge is 0.255 e. The third-order valence-corrected chi connectivity index (χ3v) is 3.30. The van der Waals surface area contributed by atoms with Crippen molar-refractivity contribution in [2.45, 2.75) is 12.5 Å². The Morgan fingerprint density at radius 3 is 2.94 bits per heavy atom. The van der Waals surface area contributed by atoms with Crippen molar-refractivity contribution in [3.05, 3.63) is 28.8 Å². The molecule has 1 aromatic carbocycles. The predicted octanol–water partition coefficient (Wildman–Crippen LogP) is 1.78. The number of hydrogen-bond acceptors (Lipinski definition) is 3. The number of benzene rings is 1. The van der Waals surface area contributed by atoms with E-state index in [0.29, 0.717) is 29.4 Å². The molecule has 0 aliphatic carbocycles. The largest absolute Gasteiger partial charge is 0.399 e. The van der Waals surface area contributed by atoms with Crippen LogP contribution in [0.25, 0.3) is 0 Å². The second-order valence-corrected chi connectivity index (χ2v) is 4.54. The summed E-state index contributed by atoms with van der Waals surface area (Å²) in [5.74, 6) is -0.0606. The Labute approximate surface area is 105 Å². The molecule has 5 heteroatoms. The number of ether oxygens (including phenoxy) is 1. The molecule has 1 fully saturated rings. The van der Waals surface area contributed by atoms with Crippen LogP contribution in [0, 0.1) is 0 Å². The first kappa shape index (κ1) is 12.2. The van der Waals surface area contributed by atoms with Gasteiger partial charge < -0.3 is 15.4 Å². The van der Waals surface area contributed by atoms with Crippen molar-refractivity contribution in [3.8, 4) is 0 Å². The van der Waals surface area contributed by atoms with E-state index >= 15 is 0 Å². The lowest BCUT2D eigenvalue weighted by Gasteiger charge is -2.17. The molecule has 92 valence electrons. The highest BCUT2D eigenvalue weighted by molar-refractivity contribution is 6.34. The second-order valence-electron chi connectivity index (χ2n) is 4.14. The van der Waals surface area contributed by atoms with E-state index in [1.54, 1.807) is 30.2 Å². The first-order valence-corrected chi connectivity index (χ1v) is 5.86. The highest BCUT2D eigenvalue weighted by atomic mass is 35.5. The van der Waals surface area contributed by atoms with E-state index < -0.39 is 0 Å². The zero-order valence-electron chi connectivity index (χ0n) is 9.65. The predicted molar refractivity (Wildman–Crippen MR) is 67.2 cm³/mol. The van der Waals surface area contributed by atoms with E-state index in [1.165, 1.54) is 0 Å². The van der Waals surface area contributed by atoms with Crippen molar-refractivity contribution < 1.29 is 9.53 Å². The molecule has 0 radical (unpaired) electrons. The minimum absolute atomic E-state index is 0.0606. The average molecular weight is 255 g/mol. The second kappa shape index (κ2) is 4.94. The lowest BCUT2D eigenvalue weighted by molar-refractivity contribution is 0.0724. The van der Waals surface area contributed by atoms with Crippen molar-refractivity contribution in [2.24, 2.45) is 0 Å². The van der Waals surface area contributed by atoms with Crippen LogP contribution in [0.3, 0.4) is 0 Å². The fraction of sp³-hybridized carbons (Fsp3) is 0.417. The normalized spacial score (nSPS) is 19.6. The van der Waals surface area contributed by atoms with Crippen LogP contribution in [-0.4, -0.2) is 37.1 Å².